The topological polar surface area (TPSA) is 29.5 Å². The third-order valence-corrected chi connectivity index (χ3v) is 1.83. The molecule has 0 bridgehead atoms. The van der Waals surface area contributed by atoms with Crippen LogP contribution >= 0.6 is 0 Å². The number of hydrogen-bond acceptors (Lipinski definition) is 2. The fraction of sp³-hybridized carbons (Fsp3) is 0.769. The Kier molecular flexibility index (Phi) is 6.64. The van der Waals surface area contributed by atoms with Crippen molar-refractivity contribution < 1.29 is 9.53 Å². The smallest absolute Gasteiger partial charge is 0.410 e. The molecule has 3 nitrogen and oxygen atoms in total. The fourth-order valence-electron chi connectivity index (χ4n) is 1.21. The van der Waals surface area contributed by atoms with Gasteiger partial charge >= 0.3 is 6.09 Å². The highest BCUT2D eigenvalue weighted by molar-refractivity contribution is 5.68. The van der Waals surface area contributed by atoms with Crippen molar-refractivity contribution in [1.29, 1.82) is 0 Å². The first-order valence-electron chi connectivity index (χ1n) is 5.78. The Morgan fingerprint density at radius 1 is 1.31 bits per heavy atom. The second kappa shape index (κ2) is 7.16. The molecule has 0 fully saturated rings. The summed E-state index contributed by atoms with van der Waals surface area (Å²) in [7, 11) is 0. The van der Waals surface area contributed by atoms with Crippen LogP contribution in [0.25, 0.3) is 0 Å². The van der Waals surface area contributed by atoms with Crippen LogP contribution in [0.4, 0.5) is 4.79 Å². The monoisotopic (exact) mass is 225 g/mol. The Bertz CT molecular complexity index is 268. The molecule has 0 aliphatic rings. The van der Waals surface area contributed by atoms with Gasteiger partial charge in [0.25, 0.3) is 0 Å². The van der Waals surface area contributed by atoms with Crippen LogP contribution in [0.1, 0.15) is 47.5 Å². The number of rotatable bonds is 4. The van der Waals surface area contributed by atoms with Crippen molar-refractivity contribution in [3.63, 3.8) is 0 Å². The number of carbonyl (C=O) groups is 1. The van der Waals surface area contributed by atoms with Gasteiger partial charge in [0.15, 0.2) is 0 Å². The lowest BCUT2D eigenvalue weighted by Crippen LogP contribution is -2.37. The Morgan fingerprint density at radius 2 is 1.94 bits per heavy atom. The van der Waals surface area contributed by atoms with E-state index in [-0.39, 0.29) is 6.09 Å². The molecule has 0 N–H and O–H groups in total. The molecule has 0 aromatic carbocycles. The third-order valence-electron chi connectivity index (χ3n) is 1.83. The summed E-state index contributed by atoms with van der Waals surface area (Å²) in [6.45, 7) is 10.8. The van der Waals surface area contributed by atoms with Gasteiger partial charge in [-0.2, -0.15) is 0 Å². The number of hydrogen-bond donors (Lipinski definition) is 0. The van der Waals surface area contributed by atoms with Gasteiger partial charge in [-0.25, -0.2) is 4.79 Å². The van der Waals surface area contributed by atoms with Crippen LogP contribution in [-0.2, 0) is 4.74 Å². The van der Waals surface area contributed by atoms with E-state index in [0.29, 0.717) is 13.0 Å². The predicted molar refractivity (Wildman–Crippen MR) is 66.2 cm³/mol. The van der Waals surface area contributed by atoms with Crippen LogP contribution in [0.5, 0.6) is 0 Å². The molecule has 1 amide bonds. The summed E-state index contributed by atoms with van der Waals surface area (Å²) in [6.07, 6.45) is 1.39. The van der Waals surface area contributed by atoms with Crippen molar-refractivity contribution in [2.45, 2.75) is 53.1 Å². The van der Waals surface area contributed by atoms with Gasteiger partial charge in [-0.1, -0.05) is 6.92 Å². The van der Waals surface area contributed by atoms with Gasteiger partial charge in [0, 0.05) is 19.5 Å². The Balaban J connectivity index is 4.26. The van der Waals surface area contributed by atoms with Crippen LogP contribution < -0.4 is 0 Å². The van der Waals surface area contributed by atoms with Gasteiger partial charge < -0.3 is 9.64 Å². The molecule has 0 saturated heterocycles. The lowest BCUT2D eigenvalue weighted by atomic mass is 10.2. The minimum atomic E-state index is -0.431. The van der Waals surface area contributed by atoms with Crippen LogP contribution in [0.2, 0.25) is 0 Å². The first-order chi connectivity index (χ1) is 7.40. The van der Waals surface area contributed by atoms with Crippen LogP contribution in [-0.4, -0.2) is 29.7 Å². The van der Waals surface area contributed by atoms with Gasteiger partial charge in [0.2, 0.25) is 0 Å². The summed E-state index contributed by atoms with van der Waals surface area (Å²) in [5.74, 6) is 5.78. The molecule has 0 aliphatic heterocycles. The molecule has 3 heteroatoms. The zero-order valence-corrected chi connectivity index (χ0v) is 11.1. The summed E-state index contributed by atoms with van der Waals surface area (Å²) < 4.78 is 5.32. The number of ether oxygens (including phenoxy) is 1. The van der Waals surface area contributed by atoms with Gasteiger partial charge in [0.05, 0.1) is 0 Å². The van der Waals surface area contributed by atoms with E-state index < -0.39 is 5.60 Å². The van der Waals surface area contributed by atoms with Gasteiger partial charge in [-0.3, -0.25) is 0 Å². The molecular weight excluding hydrogens is 202 g/mol. The third kappa shape index (κ3) is 7.17. The first kappa shape index (κ1) is 14.8. The average Bonchev–Trinajstić information content (AvgIpc) is 2.14. The molecule has 0 unspecified atom stereocenters. The van der Waals surface area contributed by atoms with Crippen molar-refractivity contribution in [3.05, 3.63) is 0 Å². The highest BCUT2D eigenvalue weighted by Gasteiger charge is 2.20. The fourth-order valence-corrected chi connectivity index (χ4v) is 1.21. The lowest BCUT2D eigenvalue weighted by molar-refractivity contribution is 0.0254. The van der Waals surface area contributed by atoms with E-state index in [0.717, 1.165) is 13.0 Å². The minimum Gasteiger partial charge on any atom is -0.444 e. The van der Waals surface area contributed by atoms with E-state index in [9.17, 15) is 4.79 Å². The average molecular weight is 225 g/mol. The summed E-state index contributed by atoms with van der Waals surface area (Å²) in [4.78, 5) is 13.5. The number of nitrogens with zero attached hydrogens (tertiary/aromatic N) is 1. The van der Waals surface area contributed by atoms with Crippen molar-refractivity contribution in [3.8, 4) is 11.8 Å². The molecule has 0 rings (SSSR count). The van der Waals surface area contributed by atoms with Crippen molar-refractivity contribution >= 4 is 6.09 Å². The zero-order chi connectivity index (χ0) is 12.6. The van der Waals surface area contributed by atoms with Gasteiger partial charge in [-0.05, 0) is 34.1 Å². The van der Waals surface area contributed by atoms with Crippen molar-refractivity contribution in [2.24, 2.45) is 0 Å². The highest BCUT2D eigenvalue weighted by atomic mass is 16.6. The maximum absolute atomic E-state index is 11.8. The van der Waals surface area contributed by atoms with E-state index >= 15 is 0 Å². The Labute approximate surface area is 99.2 Å². The molecule has 0 aromatic rings. The summed E-state index contributed by atoms with van der Waals surface area (Å²) in [5, 5.41) is 0. The molecule has 0 aromatic heterocycles. The van der Waals surface area contributed by atoms with E-state index in [1.165, 1.54) is 0 Å². The van der Waals surface area contributed by atoms with E-state index in [1.807, 2.05) is 27.7 Å². The van der Waals surface area contributed by atoms with Gasteiger partial charge in [0.1, 0.15) is 5.60 Å². The summed E-state index contributed by atoms with van der Waals surface area (Å²) >= 11 is 0. The van der Waals surface area contributed by atoms with Crippen LogP contribution in [0, 0.1) is 11.8 Å². The zero-order valence-electron chi connectivity index (χ0n) is 11.1. The number of carbonyl (C=O) groups excluding carboxylic acids is 1. The minimum absolute atomic E-state index is 0.243. The van der Waals surface area contributed by atoms with Crippen LogP contribution in [0.15, 0.2) is 0 Å². The SMILES string of the molecule is CC#CCCN(CCC)C(=O)OC(C)(C)C. The normalized spacial score (nSPS) is 10.3. The quantitative estimate of drug-likeness (QED) is 0.688. The maximum atomic E-state index is 11.8. The van der Waals surface area contributed by atoms with Gasteiger partial charge in [-0.15, -0.1) is 11.8 Å². The lowest BCUT2D eigenvalue weighted by Gasteiger charge is -2.26. The predicted octanol–water partition coefficient (Wildman–Crippen LogP) is 3.05. The van der Waals surface area contributed by atoms with Crippen molar-refractivity contribution in [1.82, 2.24) is 4.90 Å². The van der Waals surface area contributed by atoms with Crippen LogP contribution in [0.3, 0.4) is 0 Å². The standard InChI is InChI=1S/C13H23NO2/c1-6-8-9-11-14(10-7-2)12(15)16-13(3,4)5/h7,9-11H2,1-5H3. The molecule has 0 aliphatic carbocycles. The molecule has 16 heavy (non-hydrogen) atoms. The summed E-state index contributed by atoms with van der Waals surface area (Å²) in [6, 6.07) is 0. The Morgan fingerprint density at radius 3 is 2.38 bits per heavy atom. The second-order valence-electron chi connectivity index (χ2n) is 4.64. The van der Waals surface area contributed by atoms with E-state index in [4.69, 9.17) is 4.74 Å². The molecule has 0 radical (unpaired) electrons. The number of amides is 1. The molecule has 0 saturated carbocycles. The first-order valence-corrected chi connectivity index (χ1v) is 5.78. The second-order valence-corrected chi connectivity index (χ2v) is 4.64. The molecule has 0 spiro atoms. The van der Waals surface area contributed by atoms with Crippen molar-refractivity contribution in [2.75, 3.05) is 13.1 Å². The molecule has 0 atom stereocenters. The maximum Gasteiger partial charge on any atom is 0.410 e. The summed E-state index contributed by atoms with van der Waals surface area (Å²) in [5.41, 5.74) is -0.431. The molecule has 0 heterocycles. The highest BCUT2D eigenvalue weighted by Crippen LogP contribution is 2.10. The Hall–Kier alpha value is -1.17. The van der Waals surface area contributed by atoms with E-state index in [1.54, 1.807) is 11.8 Å². The molecular formula is C13H23NO2. The van der Waals surface area contributed by atoms with E-state index in [2.05, 4.69) is 11.8 Å². The largest absolute Gasteiger partial charge is 0.444 e. The molecule has 92 valence electrons.